The van der Waals surface area contributed by atoms with E-state index in [1.54, 1.807) is 23.1 Å². The van der Waals surface area contributed by atoms with E-state index >= 15 is 0 Å². The lowest BCUT2D eigenvalue weighted by Crippen LogP contribution is -2.29. The summed E-state index contributed by atoms with van der Waals surface area (Å²) in [6, 6.07) is 12.4. The van der Waals surface area contributed by atoms with Gasteiger partial charge in [-0.1, -0.05) is 24.6 Å². The van der Waals surface area contributed by atoms with Crippen LogP contribution in [0.15, 0.2) is 41.8 Å². The van der Waals surface area contributed by atoms with E-state index in [2.05, 4.69) is 39.9 Å². The van der Waals surface area contributed by atoms with Crippen LogP contribution in [0.4, 0.5) is 5.69 Å². The van der Waals surface area contributed by atoms with Gasteiger partial charge in [0, 0.05) is 22.9 Å². The van der Waals surface area contributed by atoms with E-state index in [9.17, 15) is 4.79 Å². The van der Waals surface area contributed by atoms with Gasteiger partial charge < -0.3 is 5.32 Å². The maximum atomic E-state index is 12.1. The second kappa shape index (κ2) is 9.25. The second-order valence-electron chi connectivity index (χ2n) is 6.16. The van der Waals surface area contributed by atoms with Gasteiger partial charge >= 0.3 is 0 Å². The highest BCUT2D eigenvalue weighted by Gasteiger charge is 2.11. The van der Waals surface area contributed by atoms with Gasteiger partial charge in [-0.15, -0.1) is 23.1 Å². The smallest absolute Gasteiger partial charge is 0.234 e. The average Bonchev–Trinajstić information content (AvgIpc) is 3.09. The number of carbonyl (C=O) groups excluding carboxylic acids is 1. The van der Waals surface area contributed by atoms with Crippen LogP contribution in [0.3, 0.4) is 0 Å². The van der Waals surface area contributed by atoms with Crippen molar-refractivity contribution in [1.82, 2.24) is 4.90 Å². The van der Waals surface area contributed by atoms with Crippen molar-refractivity contribution in [3.8, 4) is 0 Å². The molecule has 3 nitrogen and oxygen atoms in total. The lowest BCUT2D eigenvalue weighted by atomic mass is 10.1. The van der Waals surface area contributed by atoms with Crippen molar-refractivity contribution in [2.75, 3.05) is 24.2 Å². The fourth-order valence-corrected chi connectivity index (χ4v) is 4.63. The Morgan fingerprint density at radius 3 is 2.83 bits per heavy atom. The third kappa shape index (κ3) is 5.65. The molecular formula is C19H24N2OS2. The Kier molecular flexibility index (Phi) is 6.75. The fourth-order valence-electron chi connectivity index (χ4n) is 2.96. The van der Waals surface area contributed by atoms with Crippen LogP contribution < -0.4 is 5.32 Å². The first kappa shape index (κ1) is 17.5. The first-order valence-corrected chi connectivity index (χ1v) is 10.5. The molecule has 128 valence electrons. The summed E-state index contributed by atoms with van der Waals surface area (Å²) >= 11 is 3.40. The summed E-state index contributed by atoms with van der Waals surface area (Å²) in [5.41, 5.74) is 2.19. The molecule has 1 aromatic carbocycles. The van der Waals surface area contributed by atoms with Gasteiger partial charge in [0.1, 0.15) is 0 Å². The monoisotopic (exact) mass is 360 g/mol. The number of amides is 1. The Hall–Kier alpha value is -1.30. The number of rotatable bonds is 7. The van der Waals surface area contributed by atoms with Crippen LogP contribution in [0.5, 0.6) is 0 Å². The molecule has 24 heavy (non-hydrogen) atoms. The molecule has 5 heteroatoms. The molecule has 1 aliphatic rings. The standard InChI is InChI=1S/C19H24N2OS2/c22-19(15-23-14-18-8-5-11-24-18)20-17-7-4-6-16(12-17)13-21-9-2-1-3-10-21/h4-8,11-12H,1-3,9-10,13-15H2,(H,20,22). The number of thiophene rings is 1. The van der Waals surface area contributed by atoms with Crippen LogP contribution in [0.1, 0.15) is 29.7 Å². The molecule has 1 aromatic heterocycles. The van der Waals surface area contributed by atoms with Gasteiger partial charge in [0.15, 0.2) is 0 Å². The largest absolute Gasteiger partial charge is 0.325 e. The highest BCUT2D eigenvalue weighted by atomic mass is 32.2. The molecule has 0 bridgehead atoms. The topological polar surface area (TPSA) is 32.3 Å². The number of nitrogens with zero attached hydrogens (tertiary/aromatic N) is 1. The molecule has 0 aliphatic carbocycles. The van der Waals surface area contributed by atoms with Crippen molar-refractivity contribution >= 4 is 34.7 Å². The minimum Gasteiger partial charge on any atom is -0.325 e. The SMILES string of the molecule is O=C(CSCc1cccs1)Nc1cccc(CN2CCCCC2)c1. The second-order valence-corrected chi connectivity index (χ2v) is 8.18. The van der Waals surface area contributed by atoms with E-state index < -0.39 is 0 Å². The molecule has 3 rings (SSSR count). The van der Waals surface area contributed by atoms with Gasteiger partial charge in [-0.3, -0.25) is 9.69 Å². The van der Waals surface area contributed by atoms with Crippen LogP contribution in [0.2, 0.25) is 0 Å². The van der Waals surface area contributed by atoms with Gasteiger partial charge in [0.25, 0.3) is 0 Å². The molecular weight excluding hydrogens is 336 g/mol. The number of hydrogen-bond donors (Lipinski definition) is 1. The number of anilines is 1. The summed E-state index contributed by atoms with van der Waals surface area (Å²) in [6.45, 7) is 3.36. The van der Waals surface area contributed by atoms with Crippen molar-refractivity contribution < 1.29 is 4.79 Å². The number of nitrogens with one attached hydrogen (secondary N) is 1. The molecule has 0 spiro atoms. The van der Waals surface area contributed by atoms with Crippen molar-refractivity contribution in [1.29, 1.82) is 0 Å². The predicted molar refractivity (Wildman–Crippen MR) is 105 cm³/mol. The van der Waals surface area contributed by atoms with Crippen molar-refractivity contribution in [2.45, 2.75) is 31.6 Å². The molecule has 1 saturated heterocycles. The lowest BCUT2D eigenvalue weighted by molar-refractivity contribution is -0.113. The third-order valence-corrected chi connectivity index (χ3v) is 6.16. The molecule has 1 amide bonds. The molecule has 0 radical (unpaired) electrons. The average molecular weight is 361 g/mol. The van der Waals surface area contributed by atoms with Crippen molar-refractivity contribution in [3.63, 3.8) is 0 Å². The minimum absolute atomic E-state index is 0.0756. The van der Waals surface area contributed by atoms with Gasteiger partial charge in [0.05, 0.1) is 5.75 Å². The summed E-state index contributed by atoms with van der Waals surface area (Å²) in [6.07, 6.45) is 3.96. The number of thioether (sulfide) groups is 1. The predicted octanol–water partition coefficient (Wildman–Crippen LogP) is 4.61. The number of carbonyl (C=O) groups is 1. The summed E-state index contributed by atoms with van der Waals surface area (Å²) in [5, 5.41) is 5.10. The van der Waals surface area contributed by atoms with Gasteiger partial charge in [-0.25, -0.2) is 0 Å². The zero-order valence-electron chi connectivity index (χ0n) is 13.9. The Morgan fingerprint density at radius 2 is 2.04 bits per heavy atom. The number of hydrogen-bond acceptors (Lipinski definition) is 4. The quantitative estimate of drug-likeness (QED) is 0.783. The summed E-state index contributed by atoms with van der Waals surface area (Å²) < 4.78 is 0. The molecule has 1 aliphatic heterocycles. The van der Waals surface area contributed by atoms with Crippen LogP contribution in [0.25, 0.3) is 0 Å². The van der Waals surface area contributed by atoms with E-state index in [0.717, 1.165) is 18.0 Å². The third-order valence-electron chi connectivity index (χ3n) is 4.12. The summed E-state index contributed by atoms with van der Waals surface area (Å²) in [5.74, 6) is 1.47. The Balaban J connectivity index is 1.45. The van der Waals surface area contributed by atoms with Gasteiger partial charge in [-0.05, 0) is 55.1 Å². The number of likely N-dealkylation sites (tertiary alicyclic amines) is 1. The zero-order valence-corrected chi connectivity index (χ0v) is 15.5. The van der Waals surface area contributed by atoms with Crippen molar-refractivity contribution in [2.24, 2.45) is 0 Å². The molecule has 0 atom stereocenters. The fraction of sp³-hybridized carbons (Fsp3) is 0.421. The van der Waals surface area contributed by atoms with E-state index in [-0.39, 0.29) is 5.91 Å². The summed E-state index contributed by atoms with van der Waals surface area (Å²) in [4.78, 5) is 15.9. The first-order chi connectivity index (χ1) is 11.8. The maximum absolute atomic E-state index is 12.1. The van der Waals surface area contributed by atoms with E-state index in [1.807, 2.05) is 12.1 Å². The Bertz CT molecular complexity index is 637. The van der Waals surface area contributed by atoms with Crippen molar-refractivity contribution in [3.05, 3.63) is 52.2 Å². The Morgan fingerprint density at radius 1 is 1.17 bits per heavy atom. The molecule has 0 unspecified atom stereocenters. The minimum atomic E-state index is 0.0756. The van der Waals surface area contributed by atoms with Crippen LogP contribution in [0, 0.1) is 0 Å². The maximum Gasteiger partial charge on any atom is 0.234 e. The zero-order chi connectivity index (χ0) is 16.6. The van der Waals surface area contributed by atoms with Gasteiger partial charge in [0.2, 0.25) is 5.91 Å². The Labute approximate surface area is 152 Å². The molecule has 1 N–H and O–H groups in total. The molecule has 1 fully saturated rings. The van der Waals surface area contributed by atoms with Crippen LogP contribution in [-0.2, 0) is 17.1 Å². The van der Waals surface area contributed by atoms with Crippen LogP contribution >= 0.6 is 23.1 Å². The first-order valence-electron chi connectivity index (χ1n) is 8.51. The van der Waals surface area contributed by atoms with E-state index in [1.165, 1.54) is 42.8 Å². The molecule has 0 saturated carbocycles. The summed E-state index contributed by atoms with van der Waals surface area (Å²) in [7, 11) is 0. The molecule has 2 aromatic rings. The molecule has 2 heterocycles. The highest BCUT2D eigenvalue weighted by Crippen LogP contribution is 2.19. The normalized spacial score (nSPS) is 15.3. The number of benzene rings is 1. The highest BCUT2D eigenvalue weighted by molar-refractivity contribution is 7.99. The lowest BCUT2D eigenvalue weighted by Gasteiger charge is -2.26. The number of piperidine rings is 1. The van der Waals surface area contributed by atoms with E-state index in [0.29, 0.717) is 5.75 Å². The van der Waals surface area contributed by atoms with Gasteiger partial charge in [-0.2, -0.15) is 0 Å². The van der Waals surface area contributed by atoms with Crippen LogP contribution in [-0.4, -0.2) is 29.6 Å². The van der Waals surface area contributed by atoms with E-state index in [4.69, 9.17) is 0 Å².